The SMILES string of the molecule is NCC(N)C(=O)NCCC(=O)Nc1ccc2c(c1)C(=O)c1ccc(NC(=O)CCNC(=O)C(N)CN)cc1C2=O. The molecule has 14 heteroatoms. The van der Waals surface area contributed by atoms with Gasteiger partial charge in [0.25, 0.3) is 0 Å². The van der Waals surface area contributed by atoms with E-state index in [1.807, 2.05) is 0 Å². The number of amides is 4. The molecule has 2 aromatic rings. The lowest BCUT2D eigenvalue weighted by Crippen LogP contribution is -2.45. The molecule has 0 spiro atoms. The Kier molecular flexibility index (Phi) is 10.2. The number of carbonyl (C=O) groups is 6. The minimum Gasteiger partial charge on any atom is -0.354 e. The van der Waals surface area contributed by atoms with Crippen LogP contribution in [-0.2, 0) is 19.2 Å². The van der Waals surface area contributed by atoms with Crippen LogP contribution in [0.25, 0.3) is 0 Å². The average molecular weight is 553 g/mol. The molecule has 0 saturated carbocycles. The minimum absolute atomic E-state index is 0.0220. The Labute approximate surface area is 229 Å². The van der Waals surface area contributed by atoms with Crippen LogP contribution in [0.2, 0.25) is 0 Å². The first-order valence-electron chi connectivity index (χ1n) is 12.5. The van der Waals surface area contributed by atoms with E-state index in [0.717, 1.165) is 0 Å². The molecule has 14 nitrogen and oxygen atoms in total. The Bertz CT molecular complexity index is 1240. The summed E-state index contributed by atoms with van der Waals surface area (Å²) in [6, 6.07) is 6.98. The Morgan fingerprint density at radius 1 is 0.625 bits per heavy atom. The second-order valence-electron chi connectivity index (χ2n) is 9.04. The number of anilines is 2. The third-order valence-electron chi connectivity index (χ3n) is 6.07. The third kappa shape index (κ3) is 7.33. The van der Waals surface area contributed by atoms with Crippen molar-refractivity contribution in [3.8, 4) is 0 Å². The summed E-state index contributed by atoms with van der Waals surface area (Å²) in [6.07, 6.45) is -0.0874. The van der Waals surface area contributed by atoms with Crippen LogP contribution in [-0.4, -0.2) is 73.5 Å². The minimum atomic E-state index is -0.858. The van der Waals surface area contributed by atoms with Crippen molar-refractivity contribution in [2.45, 2.75) is 24.9 Å². The molecule has 0 saturated heterocycles. The molecular formula is C26H32N8O6. The quantitative estimate of drug-likeness (QED) is 0.122. The number of ketones is 2. The molecule has 0 aliphatic heterocycles. The van der Waals surface area contributed by atoms with Gasteiger partial charge in [-0.25, -0.2) is 0 Å². The van der Waals surface area contributed by atoms with Gasteiger partial charge < -0.3 is 44.2 Å². The molecule has 0 fully saturated rings. The van der Waals surface area contributed by atoms with Crippen molar-refractivity contribution in [3.63, 3.8) is 0 Å². The Balaban J connectivity index is 1.62. The van der Waals surface area contributed by atoms with E-state index in [1.165, 1.54) is 36.4 Å². The molecule has 40 heavy (non-hydrogen) atoms. The van der Waals surface area contributed by atoms with Gasteiger partial charge in [-0.05, 0) is 36.4 Å². The molecule has 212 valence electrons. The molecule has 0 radical (unpaired) electrons. The van der Waals surface area contributed by atoms with Gasteiger partial charge in [-0.2, -0.15) is 0 Å². The maximum Gasteiger partial charge on any atom is 0.238 e. The van der Waals surface area contributed by atoms with Crippen LogP contribution in [0.15, 0.2) is 36.4 Å². The van der Waals surface area contributed by atoms with Crippen LogP contribution in [0.1, 0.15) is 44.7 Å². The number of hydrogen-bond acceptors (Lipinski definition) is 10. The first kappa shape index (κ1) is 30.0. The second kappa shape index (κ2) is 13.5. The van der Waals surface area contributed by atoms with E-state index in [-0.39, 0.29) is 61.3 Å². The van der Waals surface area contributed by atoms with Crippen LogP contribution >= 0.6 is 0 Å². The van der Waals surface area contributed by atoms with Crippen LogP contribution in [0.4, 0.5) is 11.4 Å². The van der Waals surface area contributed by atoms with E-state index >= 15 is 0 Å². The first-order valence-corrected chi connectivity index (χ1v) is 12.5. The zero-order valence-corrected chi connectivity index (χ0v) is 21.6. The molecule has 2 atom stereocenters. The Morgan fingerprint density at radius 2 is 1.00 bits per heavy atom. The summed E-state index contributed by atoms with van der Waals surface area (Å²) in [6.45, 7) is 0.0473. The van der Waals surface area contributed by atoms with Crippen molar-refractivity contribution < 1.29 is 28.8 Å². The van der Waals surface area contributed by atoms with E-state index in [2.05, 4.69) is 21.3 Å². The van der Waals surface area contributed by atoms with Gasteiger partial charge in [0, 0.05) is 72.6 Å². The highest BCUT2D eigenvalue weighted by molar-refractivity contribution is 6.29. The lowest BCUT2D eigenvalue weighted by Gasteiger charge is -2.19. The molecule has 2 unspecified atom stereocenters. The standard InChI is InChI=1S/C26H32N8O6/c27-11-19(29)25(39)31-7-5-21(35)33-13-1-3-15-17(9-13)24(38)16-4-2-14(10-18(16)23(15)37)34-22(36)6-8-32-26(40)20(30)12-28/h1-4,9-10,19-20H,5-8,11-12,27-30H2,(H,31,39)(H,32,40)(H,33,35)(H,34,36). The van der Waals surface area contributed by atoms with Gasteiger partial charge >= 0.3 is 0 Å². The zero-order chi connectivity index (χ0) is 29.4. The van der Waals surface area contributed by atoms with Crippen LogP contribution in [0.5, 0.6) is 0 Å². The average Bonchev–Trinajstić information content (AvgIpc) is 2.94. The lowest BCUT2D eigenvalue weighted by atomic mass is 9.83. The van der Waals surface area contributed by atoms with Gasteiger partial charge in [-0.1, -0.05) is 0 Å². The fourth-order valence-electron chi connectivity index (χ4n) is 3.83. The van der Waals surface area contributed by atoms with E-state index in [0.29, 0.717) is 11.4 Å². The number of carbonyl (C=O) groups excluding carboxylic acids is 6. The van der Waals surface area contributed by atoms with E-state index in [1.54, 1.807) is 0 Å². The van der Waals surface area contributed by atoms with Crippen molar-refractivity contribution in [1.82, 2.24) is 10.6 Å². The highest BCUT2D eigenvalue weighted by Crippen LogP contribution is 2.31. The Morgan fingerprint density at radius 3 is 1.35 bits per heavy atom. The van der Waals surface area contributed by atoms with Gasteiger partial charge in [-0.3, -0.25) is 28.8 Å². The van der Waals surface area contributed by atoms with E-state index < -0.39 is 47.3 Å². The molecule has 1 aliphatic rings. The zero-order valence-electron chi connectivity index (χ0n) is 21.6. The van der Waals surface area contributed by atoms with Gasteiger partial charge in [-0.15, -0.1) is 0 Å². The van der Waals surface area contributed by atoms with E-state index in [4.69, 9.17) is 22.9 Å². The molecule has 12 N–H and O–H groups in total. The topological polar surface area (TPSA) is 255 Å². The number of benzene rings is 2. The number of nitrogens with one attached hydrogen (secondary N) is 4. The molecule has 1 aliphatic carbocycles. The van der Waals surface area contributed by atoms with Gasteiger partial charge in [0.2, 0.25) is 23.6 Å². The largest absolute Gasteiger partial charge is 0.354 e. The fraction of sp³-hybridized carbons (Fsp3) is 0.308. The summed E-state index contributed by atoms with van der Waals surface area (Å²) < 4.78 is 0. The van der Waals surface area contributed by atoms with Crippen molar-refractivity contribution in [1.29, 1.82) is 0 Å². The predicted octanol–water partition coefficient (Wildman–Crippen LogP) is -2.08. The molecule has 4 amide bonds. The van der Waals surface area contributed by atoms with Gasteiger partial charge in [0.15, 0.2) is 11.6 Å². The molecule has 0 aromatic heterocycles. The molecular weight excluding hydrogens is 520 g/mol. The Hall–Kier alpha value is -4.50. The maximum atomic E-state index is 13.2. The summed E-state index contributed by atoms with van der Waals surface area (Å²) in [5.41, 5.74) is 22.8. The number of hydrogen-bond donors (Lipinski definition) is 8. The molecule has 2 aromatic carbocycles. The smallest absolute Gasteiger partial charge is 0.238 e. The summed E-state index contributed by atoms with van der Waals surface area (Å²) in [5, 5.41) is 10.3. The predicted molar refractivity (Wildman–Crippen MR) is 146 cm³/mol. The molecule has 0 bridgehead atoms. The summed E-state index contributed by atoms with van der Waals surface area (Å²) in [4.78, 5) is 74.2. The van der Waals surface area contributed by atoms with Gasteiger partial charge in [0.1, 0.15) is 0 Å². The van der Waals surface area contributed by atoms with Crippen molar-refractivity contribution in [2.24, 2.45) is 22.9 Å². The monoisotopic (exact) mass is 552 g/mol. The maximum absolute atomic E-state index is 13.2. The molecule has 0 heterocycles. The number of nitrogens with two attached hydrogens (primary N) is 4. The first-order chi connectivity index (χ1) is 19.0. The highest BCUT2D eigenvalue weighted by Gasteiger charge is 2.30. The summed E-state index contributed by atoms with van der Waals surface area (Å²) in [5.74, 6) is -2.60. The summed E-state index contributed by atoms with van der Waals surface area (Å²) >= 11 is 0. The number of fused-ring (bicyclic) bond motifs is 2. The second-order valence-corrected chi connectivity index (χ2v) is 9.04. The lowest BCUT2D eigenvalue weighted by molar-refractivity contribution is -0.123. The molecule has 3 rings (SSSR count). The van der Waals surface area contributed by atoms with E-state index in [9.17, 15) is 28.8 Å². The van der Waals surface area contributed by atoms with Crippen molar-refractivity contribution in [2.75, 3.05) is 36.8 Å². The van der Waals surface area contributed by atoms with Crippen molar-refractivity contribution in [3.05, 3.63) is 58.7 Å². The van der Waals surface area contributed by atoms with Crippen LogP contribution < -0.4 is 44.2 Å². The summed E-state index contributed by atoms with van der Waals surface area (Å²) in [7, 11) is 0. The number of rotatable bonds is 12. The third-order valence-corrected chi connectivity index (χ3v) is 6.07. The highest BCUT2D eigenvalue weighted by atomic mass is 16.2. The normalized spacial score (nSPS) is 13.4. The van der Waals surface area contributed by atoms with Crippen LogP contribution in [0.3, 0.4) is 0 Å². The van der Waals surface area contributed by atoms with Gasteiger partial charge in [0.05, 0.1) is 12.1 Å². The fourth-order valence-corrected chi connectivity index (χ4v) is 3.83. The van der Waals surface area contributed by atoms with Crippen LogP contribution in [0, 0.1) is 0 Å². The van der Waals surface area contributed by atoms with Crippen molar-refractivity contribution >= 4 is 46.6 Å².